The molecule has 0 saturated heterocycles. The van der Waals surface area contributed by atoms with Crippen LogP contribution in [0.1, 0.15) is 18.9 Å². The molecule has 0 aliphatic rings. The molecule has 1 aromatic rings. The molecule has 2 amide bonds. The molecular weight excluding hydrogens is 268 g/mol. The summed E-state index contributed by atoms with van der Waals surface area (Å²) in [5.74, 6) is 0. The van der Waals surface area contributed by atoms with E-state index in [1.54, 1.807) is 6.07 Å². The van der Waals surface area contributed by atoms with Crippen molar-refractivity contribution in [3.63, 3.8) is 0 Å². The Bertz CT molecular complexity index is 619. The van der Waals surface area contributed by atoms with Gasteiger partial charge in [0.1, 0.15) is 11.0 Å². The summed E-state index contributed by atoms with van der Waals surface area (Å²) in [6, 6.07) is 4.66. The van der Waals surface area contributed by atoms with Crippen molar-refractivity contribution in [1.29, 1.82) is 5.26 Å². The third kappa shape index (κ3) is 3.86. The van der Waals surface area contributed by atoms with Gasteiger partial charge in [0.15, 0.2) is 0 Å². The standard InChI is InChI=1S/C11H14N4O3S/c1-2-5-14-11(16)15-19(17,18)10-4-3-9(13)6-8(10)7-12/h3-4,6H,2,5,13H2,1H3,(H2,14,15,16). The van der Waals surface area contributed by atoms with Crippen molar-refractivity contribution in [2.45, 2.75) is 18.2 Å². The zero-order chi connectivity index (χ0) is 14.5. The number of nitrogens with zero attached hydrogens (tertiary/aromatic N) is 1. The monoisotopic (exact) mass is 282 g/mol. The summed E-state index contributed by atoms with van der Waals surface area (Å²) in [6.45, 7) is 2.19. The van der Waals surface area contributed by atoms with Gasteiger partial charge in [-0.25, -0.2) is 17.9 Å². The lowest BCUT2D eigenvalue weighted by Gasteiger charge is -2.09. The fraction of sp³-hybridized carbons (Fsp3) is 0.273. The highest BCUT2D eigenvalue weighted by Crippen LogP contribution is 2.17. The number of urea groups is 1. The van der Waals surface area contributed by atoms with Crippen molar-refractivity contribution >= 4 is 21.7 Å². The van der Waals surface area contributed by atoms with E-state index in [2.05, 4.69) is 5.32 Å². The number of carbonyl (C=O) groups is 1. The molecule has 0 aromatic heterocycles. The zero-order valence-electron chi connectivity index (χ0n) is 10.3. The predicted octanol–water partition coefficient (Wildman–Crippen LogP) is 0.538. The highest BCUT2D eigenvalue weighted by atomic mass is 32.2. The molecule has 1 rings (SSSR count). The number of nitriles is 1. The number of hydrogen-bond donors (Lipinski definition) is 3. The Labute approximate surface area is 111 Å². The van der Waals surface area contributed by atoms with Gasteiger partial charge in [0.2, 0.25) is 0 Å². The van der Waals surface area contributed by atoms with Crippen LogP contribution in [0.3, 0.4) is 0 Å². The van der Waals surface area contributed by atoms with E-state index >= 15 is 0 Å². The van der Waals surface area contributed by atoms with Crippen molar-refractivity contribution in [1.82, 2.24) is 10.0 Å². The van der Waals surface area contributed by atoms with E-state index < -0.39 is 16.1 Å². The normalized spacial score (nSPS) is 10.5. The first-order valence-corrected chi connectivity index (χ1v) is 6.99. The highest BCUT2D eigenvalue weighted by Gasteiger charge is 2.21. The van der Waals surface area contributed by atoms with Crippen molar-refractivity contribution in [2.75, 3.05) is 12.3 Å². The van der Waals surface area contributed by atoms with Gasteiger partial charge >= 0.3 is 6.03 Å². The van der Waals surface area contributed by atoms with Crippen LogP contribution in [0, 0.1) is 11.3 Å². The summed E-state index contributed by atoms with van der Waals surface area (Å²) in [4.78, 5) is 11.1. The molecule has 0 fully saturated rings. The molecule has 0 unspecified atom stereocenters. The minimum Gasteiger partial charge on any atom is -0.399 e. The summed E-state index contributed by atoms with van der Waals surface area (Å²) in [5, 5.41) is 11.3. The van der Waals surface area contributed by atoms with Crippen LogP contribution in [0.2, 0.25) is 0 Å². The van der Waals surface area contributed by atoms with E-state index in [0.717, 1.165) is 0 Å². The van der Waals surface area contributed by atoms with Crippen LogP contribution in [0.5, 0.6) is 0 Å². The highest BCUT2D eigenvalue weighted by molar-refractivity contribution is 7.90. The lowest BCUT2D eigenvalue weighted by Crippen LogP contribution is -2.39. The molecule has 102 valence electrons. The number of anilines is 1. The minimum absolute atomic E-state index is 0.115. The van der Waals surface area contributed by atoms with Crippen LogP contribution >= 0.6 is 0 Å². The first-order chi connectivity index (χ1) is 8.90. The molecule has 1 aromatic carbocycles. The van der Waals surface area contributed by atoms with E-state index in [-0.39, 0.29) is 16.1 Å². The molecule has 19 heavy (non-hydrogen) atoms. The second kappa shape index (κ2) is 6.06. The van der Waals surface area contributed by atoms with Gasteiger partial charge < -0.3 is 11.1 Å². The van der Waals surface area contributed by atoms with E-state index in [1.807, 2.05) is 11.6 Å². The van der Waals surface area contributed by atoms with E-state index in [4.69, 9.17) is 11.0 Å². The van der Waals surface area contributed by atoms with Crippen LogP contribution in [-0.4, -0.2) is 21.0 Å². The lowest BCUT2D eigenvalue weighted by atomic mass is 10.2. The van der Waals surface area contributed by atoms with Crippen molar-refractivity contribution < 1.29 is 13.2 Å². The van der Waals surface area contributed by atoms with E-state index in [9.17, 15) is 13.2 Å². The number of sulfonamides is 1. The topological polar surface area (TPSA) is 125 Å². The number of carbonyl (C=O) groups excluding carboxylic acids is 1. The number of nitrogens with two attached hydrogens (primary N) is 1. The molecule has 0 aliphatic carbocycles. The number of nitrogens with one attached hydrogen (secondary N) is 2. The lowest BCUT2D eigenvalue weighted by molar-refractivity contribution is 0.246. The fourth-order valence-electron chi connectivity index (χ4n) is 1.32. The zero-order valence-corrected chi connectivity index (χ0v) is 11.1. The summed E-state index contributed by atoms with van der Waals surface area (Å²) in [5.41, 5.74) is 5.62. The molecule has 0 saturated carbocycles. The van der Waals surface area contributed by atoms with E-state index in [1.165, 1.54) is 18.2 Å². The van der Waals surface area contributed by atoms with Crippen LogP contribution in [0.15, 0.2) is 23.1 Å². The second-order valence-electron chi connectivity index (χ2n) is 3.73. The molecule has 7 nitrogen and oxygen atoms in total. The first-order valence-electron chi connectivity index (χ1n) is 5.51. The maximum atomic E-state index is 11.9. The van der Waals surface area contributed by atoms with Gasteiger partial charge in [-0.1, -0.05) is 6.92 Å². The van der Waals surface area contributed by atoms with Gasteiger partial charge in [0, 0.05) is 12.2 Å². The Morgan fingerprint density at radius 2 is 2.16 bits per heavy atom. The summed E-state index contributed by atoms with van der Waals surface area (Å²) < 4.78 is 25.7. The Hall–Kier alpha value is -2.27. The summed E-state index contributed by atoms with van der Waals surface area (Å²) >= 11 is 0. The molecule has 0 radical (unpaired) electrons. The molecule has 0 spiro atoms. The quantitative estimate of drug-likeness (QED) is 0.695. The SMILES string of the molecule is CCCNC(=O)NS(=O)(=O)c1ccc(N)cc1C#N. The Balaban J connectivity index is 3.02. The maximum Gasteiger partial charge on any atom is 0.328 e. The molecule has 0 aliphatic heterocycles. The van der Waals surface area contributed by atoms with Crippen molar-refractivity contribution in [3.05, 3.63) is 23.8 Å². The maximum absolute atomic E-state index is 11.9. The molecular formula is C11H14N4O3S. The Morgan fingerprint density at radius 1 is 1.47 bits per heavy atom. The third-order valence-corrected chi connectivity index (χ3v) is 3.57. The van der Waals surface area contributed by atoms with Crippen molar-refractivity contribution in [3.8, 4) is 6.07 Å². The number of benzene rings is 1. The fourth-order valence-corrected chi connectivity index (χ4v) is 2.39. The second-order valence-corrected chi connectivity index (χ2v) is 5.38. The van der Waals surface area contributed by atoms with Gasteiger partial charge in [-0.05, 0) is 24.6 Å². The van der Waals surface area contributed by atoms with Gasteiger partial charge in [0.25, 0.3) is 10.0 Å². The smallest absolute Gasteiger partial charge is 0.328 e. The van der Waals surface area contributed by atoms with E-state index in [0.29, 0.717) is 13.0 Å². The molecule has 0 atom stereocenters. The number of rotatable bonds is 4. The predicted molar refractivity (Wildman–Crippen MR) is 69.6 cm³/mol. The first kappa shape index (κ1) is 14.8. The average Bonchev–Trinajstić information content (AvgIpc) is 2.35. The molecule has 8 heteroatoms. The summed E-state index contributed by atoms with van der Waals surface area (Å²) in [6.07, 6.45) is 0.679. The number of hydrogen-bond acceptors (Lipinski definition) is 5. The van der Waals surface area contributed by atoms with Crippen LogP contribution in [0.25, 0.3) is 0 Å². The average molecular weight is 282 g/mol. The van der Waals surface area contributed by atoms with Gasteiger partial charge in [-0.15, -0.1) is 0 Å². The Kier molecular flexibility index (Phi) is 4.72. The van der Waals surface area contributed by atoms with Gasteiger partial charge in [-0.3, -0.25) is 0 Å². The third-order valence-electron chi connectivity index (χ3n) is 2.18. The number of amides is 2. The van der Waals surface area contributed by atoms with Crippen LogP contribution in [0.4, 0.5) is 10.5 Å². The van der Waals surface area contributed by atoms with Crippen LogP contribution in [-0.2, 0) is 10.0 Å². The Morgan fingerprint density at radius 3 is 2.74 bits per heavy atom. The van der Waals surface area contributed by atoms with Gasteiger partial charge in [0.05, 0.1) is 5.56 Å². The van der Waals surface area contributed by atoms with Crippen molar-refractivity contribution in [2.24, 2.45) is 0 Å². The van der Waals surface area contributed by atoms with Gasteiger partial charge in [-0.2, -0.15) is 5.26 Å². The largest absolute Gasteiger partial charge is 0.399 e. The number of nitrogen functional groups attached to an aromatic ring is 1. The molecule has 0 heterocycles. The summed E-state index contributed by atoms with van der Waals surface area (Å²) in [7, 11) is -4.09. The molecule has 4 N–H and O–H groups in total. The van der Waals surface area contributed by atoms with Crippen LogP contribution < -0.4 is 15.8 Å². The minimum atomic E-state index is -4.09. The molecule has 0 bridgehead atoms.